The van der Waals surface area contributed by atoms with E-state index in [0.29, 0.717) is 5.91 Å². The van der Waals surface area contributed by atoms with Gasteiger partial charge in [0.15, 0.2) is 0 Å². The normalized spacial score (nSPS) is 31.7. The summed E-state index contributed by atoms with van der Waals surface area (Å²) in [6, 6.07) is 0.102. The lowest BCUT2D eigenvalue weighted by Crippen LogP contribution is -2.42. The quantitative estimate of drug-likeness (QED) is 0.832. The molecule has 110 valence electrons. The van der Waals surface area contributed by atoms with E-state index in [4.69, 9.17) is 0 Å². The van der Waals surface area contributed by atoms with Crippen LogP contribution < -0.4 is 0 Å². The van der Waals surface area contributed by atoms with Crippen LogP contribution in [0.2, 0.25) is 0 Å². The van der Waals surface area contributed by atoms with Crippen LogP contribution in [-0.4, -0.2) is 35.1 Å². The summed E-state index contributed by atoms with van der Waals surface area (Å²) in [5, 5.41) is 9.33. The zero-order valence-corrected chi connectivity index (χ0v) is 12.3. The van der Waals surface area contributed by atoms with E-state index < -0.39 is 0 Å². The van der Waals surface area contributed by atoms with Gasteiger partial charge in [-0.25, -0.2) is 0 Å². The fourth-order valence-electron chi connectivity index (χ4n) is 3.74. The number of carbonyl (C=O) groups excluding carboxylic acids is 1. The molecule has 0 spiro atoms. The molecular weight excluding hydrogens is 238 g/mol. The molecule has 1 amide bonds. The maximum absolute atomic E-state index is 12.5. The average molecular weight is 267 g/mol. The van der Waals surface area contributed by atoms with E-state index in [2.05, 4.69) is 6.92 Å². The van der Waals surface area contributed by atoms with Gasteiger partial charge in [0.25, 0.3) is 0 Å². The van der Waals surface area contributed by atoms with Crippen molar-refractivity contribution in [3.8, 4) is 0 Å². The Balaban J connectivity index is 1.79. The van der Waals surface area contributed by atoms with Gasteiger partial charge in [0.05, 0.1) is 12.6 Å². The summed E-state index contributed by atoms with van der Waals surface area (Å²) in [5.74, 6) is 1.42. The minimum absolute atomic E-state index is 0.102. The van der Waals surface area contributed by atoms with Gasteiger partial charge in [-0.3, -0.25) is 4.79 Å². The van der Waals surface area contributed by atoms with Gasteiger partial charge >= 0.3 is 0 Å². The molecule has 2 fully saturated rings. The van der Waals surface area contributed by atoms with E-state index in [1.165, 1.54) is 32.1 Å². The van der Waals surface area contributed by atoms with Gasteiger partial charge in [-0.1, -0.05) is 26.2 Å². The van der Waals surface area contributed by atoms with E-state index in [-0.39, 0.29) is 18.6 Å². The molecule has 0 aromatic carbocycles. The van der Waals surface area contributed by atoms with Crippen molar-refractivity contribution in [2.45, 2.75) is 70.8 Å². The van der Waals surface area contributed by atoms with Crippen molar-refractivity contribution < 1.29 is 9.90 Å². The van der Waals surface area contributed by atoms with Gasteiger partial charge in [-0.2, -0.15) is 0 Å². The highest BCUT2D eigenvalue weighted by Gasteiger charge is 2.34. The minimum atomic E-state index is 0.102. The van der Waals surface area contributed by atoms with Crippen LogP contribution in [-0.2, 0) is 4.79 Å². The Morgan fingerprint density at radius 3 is 2.58 bits per heavy atom. The Kier molecular flexibility index (Phi) is 5.68. The summed E-state index contributed by atoms with van der Waals surface area (Å²) in [6.07, 6.45) is 10.6. The zero-order valence-electron chi connectivity index (χ0n) is 12.3. The van der Waals surface area contributed by atoms with Crippen molar-refractivity contribution in [3.05, 3.63) is 0 Å². The first kappa shape index (κ1) is 14.8. The van der Waals surface area contributed by atoms with Gasteiger partial charge in [0, 0.05) is 12.5 Å². The molecule has 1 N–H and O–H groups in total. The van der Waals surface area contributed by atoms with Crippen LogP contribution in [0.3, 0.4) is 0 Å². The number of aliphatic hydroxyl groups excluding tert-OH is 1. The smallest absolute Gasteiger partial charge is 0.226 e. The fraction of sp³-hybridized carbons (Fsp3) is 0.938. The van der Waals surface area contributed by atoms with Crippen LogP contribution in [0.5, 0.6) is 0 Å². The molecule has 2 rings (SSSR count). The lowest BCUT2D eigenvalue weighted by atomic mass is 9.79. The van der Waals surface area contributed by atoms with Crippen molar-refractivity contribution >= 4 is 5.91 Å². The molecule has 1 aliphatic heterocycles. The van der Waals surface area contributed by atoms with Crippen molar-refractivity contribution in [2.75, 3.05) is 13.2 Å². The molecule has 3 nitrogen and oxygen atoms in total. The molecule has 0 aromatic rings. The van der Waals surface area contributed by atoms with E-state index in [9.17, 15) is 9.90 Å². The number of hydrogen-bond donors (Lipinski definition) is 1. The van der Waals surface area contributed by atoms with Gasteiger partial charge in [-0.05, 0) is 44.4 Å². The number of unbranched alkanes of at least 4 members (excludes halogenated alkanes) is 1. The number of likely N-dealkylation sites (tertiary alicyclic amines) is 1. The molecule has 1 atom stereocenters. The Labute approximate surface area is 117 Å². The number of carbonyl (C=O) groups is 1. The monoisotopic (exact) mass is 267 g/mol. The molecule has 2 aliphatic rings. The second-order valence-corrected chi connectivity index (χ2v) is 6.37. The lowest BCUT2D eigenvalue weighted by molar-refractivity contribution is -0.138. The third-order valence-electron chi connectivity index (χ3n) is 5.03. The average Bonchev–Trinajstić information content (AvgIpc) is 2.93. The first-order chi connectivity index (χ1) is 9.26. The summed E-state index contributed by atoms with van der Waals surface area (Å²) in [5.41, 5.74) is 0. The predicted molar refractivity (Wildman–Crippen MR) is 76.8 cm³/mol. The van der Waals surface area contributed by atoms with Crippen LogP contribution in [0.15, 0.2) is 0 Å². The number of nitrogens with zero attached hydrogens (tertiary/aromatic N) is 1. The number of hydrogen-bond acceptors (Lipinski definition) is 2. The molecule has 19 heavy (non-hydrogen) atoms. The standard InChI is InChI=1S/C16H29NO2/c1-2-3-5-13-7-9-14(10-8-13)16(19)17-11-4-6-15(17)12-18/h13-15,18H,2-12H2,1H3/t13?,14?,15-/m1/s1. The third-order valence-corrected chi connectivity index (χ3v) is 5.03. The van der Waals surface area contributed by atoms with Crippen LogP contribution >= 0.6 is 0 Å². The lowest BCUT2D eigenvalue weighted by Gasteiger charge is -2.32. The molecule has 1 saturated heterocycles. The predicted octanol–water partition coefficient (Wildman–Crippen LogP) is 2.97. The number of aliphatic hydroxyl groups is 1. The third kappa shape index (κ3) is 3.71. The first-order valence-electron chi connectivity index (χ1n) is 8.17. The van der Waals surface area contributed by atoms with Gasteiger partial charge in [-0.15, -0.1) is 0 Å². The van der Waals surface area contributed by atoms with E-state index in [0.717, 1.165) is 38.1 Å². The number of rotatable bonds is 5. The van der Waals surface area contributed by atoms with Crippen molar-refractivity contribution in [2.24, 2.45) is 11.8 Å². The Morgan fingerprint density at radius 1 is 1.21 bits per heavy atom. The highest BCUT2D eigenvalue weighted by atomic mass is 16.3. The minimum Gasteiger partial charge on any atom is -0.394 e. The Morgan fingerprint density at radius 2 is 1.95 bits per heavy atom. The summed E-state index contributed by atoms with van der Waals surface area (Å²) < 4.78 is 0. The second kappa shape index (κ2) is 7.28. The fourth-order valence-corrected chi connectivity index (χ4v) is 3.74. The molecule has 0 aromatic heterocycles. The molecule has 0 radical (unpaired) electrons. The summed E-state index contributed by atoms with van der Waals surface area (Å²) in [7, 11) is 0. The van der Waals surface area contributed by atoms with E-state index in [1.54, 1.807) is 0 Å². The maximum atomic E-state index is 12.5. The largest absolute Gasteiger partial charge is 0.394 e. The van der Waals surface area contributed by atoms with Crippen molar-refractivity contribution in [1.29, 1.82) is 0 Å². The molecule has 1 aliphatic carbocycles. The van der Waals surface area contributed by atoms with Crippen LogP contribution in [0.4, 0.5) is 0 Å². The molecule has 0 unspecified atom stereocenters. The van der Waals surface area contributed by atoms with Gasteiger partial charge < -0.3 is 10.0 Å². The Bertz CT molecular complexity index is 284. The molecule has 0 bridgehead atoms. The second-order valence-electron chi connectivity index (χ2n) is 6.37. The summed E-state index contributed by atoms with van der Waals surface area (Å²) in [6.45, 7) is 3.25. The maximum Gasteiger partial charge on any atom is 0.226 e. The topological polar surface area (TPSA) is 40.5 Å². The highest BCUT2D eigenvalue weighted by Crippen LogP contribution is 2.34. The van der Waals surface area contributed by atoms with Crippen molar-refractivity contribution in [1.82, 2.24) is 4.90 Å². The van der Waals surface area contributed by atoms with Crippen LogP contribution in [0.1, 0.15) is 64.7 Å². The van der Waals surface area contributed by atoms with E-state index >= 15 is 0 Å². The summed E-state index contributed by atoms with van der Waals surface area (Å²) in [4.78, 5) is 14.5. The molecule has 1 heterocycles. The number of amides is 1. The van der Waals surface area contributed by atoms with Gasteiger partial charge in [0.1, 0.15) is 0 Å². The van der Waals surface area contributed by atoms with Crippen LogP contribution in [0.25, 0.3) is 0 Å². The highest BCUT2D eigenvalue weighted by molar-refractivity contribution is 5.79. The van der Waals surface area contributed by atoms with Crippen LogP contribution in [0, 0.1) is 11.8 Å². The molecule has 1 saturated carbocycles. The molecule has 3 heteroatoms. The van der Waals surface area contributed by atoms with Crippen molar-refractivity contribution in [3.63, 3.8) is 0 Å². The SMILES string of the molecule is CCCCC1CCC(C(=O)N2CCC[C@@H]2CO)CC1. The zero-order chi connectivity index (χ0) is 13.7. The Hall–Kier alpha value is -0.570. The van der Waals surface area contributed by atoms with E-state index in [1.807, 2.05) is 4.90 Å². The van der Waals surface area contributed by atoms with Gasteiger partial charge in [0.2, 0.25) is 5.91 Å². The summed E-state index contributed by atoms with van der Waals surface area (Å²) >= 11 is 0. The first-order valence-corrected chi connectivity index (χ1v) is 8.17. The molecular formula is C16H29NO2.